The predicted molar refractivity (Wildman–Crippen MR) is 68.5 cm³/mol. The van der Waals surface area contributed by atoms with Gasteiger partial charge in [0.2, 0.25) is 0 Å². The van der Waals surface area contributed by atoms with Gasteiger partial charge in [0.1, 0.15) is 11.6 Å². The van der Waals surface area contributed by atoms with Crippen molar-refractivity contribution < 1.29 is 13.9 Å². The van der Waals surface area contributed by atoms with Gasteiger partial charge in [-0.1, -0.05) is 6.07 Å². The van der Waals surface area contributed by atoms with E-state index in [9.17, 15) is 8.78 Å². The first-order valence-electron chi connectivity index (χ1n) is 6.13. The molecule has 1 aromatic carbocycles. The second-order valence-corrected chi connectivity index (χ2v) is 5.19. The number of aliphatic hydroxyl groups is 1. The molecule has 102 valence electrons. The maximum Gasteiger partial charge on any atom is 0.129 e. The molecule has 0 aromatic heterocycles. The standard InChI is InChI=1S/C14H21F2NO/c1-14(2,7-9-18)17(3)8-6-11-4-5-12(15)10-13(11)16/h4-5,10,18H,6-9H2,1-3H3. The van der Waals surface area contributed by atoms with Gasteiger partial charge in [-0.2, -0.15) is 0 Å². The van der Waals surface area contributed by atoms with E-state index in [0.717, 1.165) is 6.07 Å². The Labute approximate surface area is 107 Å². The van der Waals surface area contributed by atoms with Gasteiger partial charge in [0, 0.05) is 24.8 Å². The Morgan fingerprint density at radius 1 is 1.28 bits per heavy atom. The largest absolute Gasteiger partial charge is 0.396 e. The van der Waals surface area contributed by atoms with Crippen LogP contribution in [-0.2, 0) is 6.42 Å². The molecule has 0 bridgehead atoms. The topological polar surface area (TPSA) is 23.5 Å². The van der Waals surface area contributed by atoms with Crippen molar-refractivity contribution in [3.05, 3.63) is 35.4 Å². The molecule has 4 heteroatoms. The zero-order valence-electron chi connectivity index (χ0n) is 11.2. The SMILES string of the molecule is CN(CCc1ccc(F)cc1F)C(C)(C)CCO. The van der Waals surface area contributed by atoms with Crippen LogP contribution in [0.5, 0.6) is 0 Å². The average molecular weight is 257 g/mol. The summed E-state index contributed by atoms with van der Waals surface area (Å²) in [6, 6.07) is 3.67. The first-order valence-corrected chi connectivity index (χ1v) is 6.13. The van der Waals surface area contributed by atoms with E-state index in [1.807, 2.05) is 20.9 Å². The van der Waals surface area contributed by atoms with Crippen LogP contribution in [-0.4, -0.2) is 35.7 Å². The second kappa shape index (κ2) is 6.25. The number of hydrogen-bond donors (Lipinski definition) is 1. The molecule has 2 nitrogen and oxygen atoms in total. The van der Waals surface area contributed by atoms with Gasteiger partial charge in [-0.3, -0.25) is 0 Å². The Morgan fingerprint density at radius 2 is 1.94 bits per heavy atom. The molecule has 1 aromatic rings. The molecule has 1 N–H and O–H groups in total. The molecule has 0 aliphatic carbocycles. The summed E-state index contributed by atoms with van der Waals surface area (Å²) in [5.41, 5.74) is 0.383. The van der Waals surface area contributed by atoms with Crippen molar-refractivity contribution in [1.82, 2.24) is 4.90 Å². The zero-order valence-corrected chi connectivity index (χ0v) is 11.2. The molecule has 0 saturated carbocycles. The van der Waals surface area contributed by atoms with E-state index in [2.05, 4.69) is 4.90 Å². The molecule has 18 heavy (non-hydrogen) atoms. The molecule has 1 rings (SSSR count). The van der Waals surface area contributed by atoms with Gasteiger partial charge in [0.05, 0.1) is 0 Å². The van der Waals surface area contributed by atoms with Gasteiger partial charge in [0.25, 0.3) is 0 Å². The first-order chi connectivity index (χ1) is 8.36. The summed E-state index contributed by atoms with van der Waals surface area (Å²) in [7, 11) is 1.94. The fraction of sp³-hybridized carbons (Fsp3) is 0.571. The smallest absolute Gasteiger partial charge is 0.129 e. The van der Waals surface area contributed by atoms with Crippen molar-refractivity contribution >= 4 is 0 Å². The molecule has 0 saturated heterocycles. The lowest BCUT2D eigenvalue weighted by Crippen LogP contribution is -2.42. The van der Waals surface area contributed by atoms with Crippen molar-refractivity contribution in [3.8, 4) is 0 Å². The Hall–Kier alpha value is -1.00. The van der Waals surface area contributed by atoms with E-state index in [4.69, 9.17) is 5.11 Å². The summed E-state index contributed by atoms with van der Waals surface area (Å²) < 4.78 is 26.2. The normalized spacial score (nSPS) is 12.2. The third-order valence-corrected chi connectivity index (χ3v) is 3.49. The molecule has 0 aliphatic heterocycles. The molecular weight excluding hydrogens is 236 g/mol. The predicted octanol–water partition coefficient (Wildman–Crippen LogP) is 2.60. The minimum Gasteiger partial charge on any atom is -0.396 e. The van der Waals surface area contributed by atoms with E-state index in [1.165, 1.54) is 12.1 Å². The van der Waals surface area contributed by atoms with Crippen LogP contribution in [0.1, 0.15) is 25.8 Å². The van der Waals surface area contributed by atoms with Gasteiger partial charge in [0.15, 0.2) is 0 Å². The van der Waals surface area contributed by atoms with E-state index in [-0.39, 0.29) is 12.1 Å². The van der Waals surface area contributed by atoms with Crippen LogP contribution in [0.25, 0.3) is 0 Å². The monoisotopic (exact) mass is 257 g/mol. The highest BCUT2D eigenvalue weighted by atomic mass is 19.1. The summed E-state index contributed by atoms with van der Waals surface area (Å²) in [6.45, 7) is 4.85. The van der Waals surface area contributed by atoms with Gasteiger partial charge >= 0.3 is 0 Å². The third-order valence-electron chi connectivity index (χ3n) is 3.49. The molecule has 0 spiro atoms. The van der Waals surface area contributed by atoms with Gasteiger partial charge in [-0.15, -0.1) is 0 Å². The fourth-order valence-corrected chi connectivity index (χ4v) is 1.78. The van der Waals surface area contributed by atoms with Crippen molar-refractivity contribution in [3.63, 3.8) is 0 Å². The van der Waals surface area contributed by atoms with Crippen LogP contribution in [0.4, 0.5) is 8.78 Å². The molecule has 0 aliphatic rings. The van der Waals surface area contributed by atoms with Crippen molar-refractivity contribution in [2.75, 3.05) is 20.2 Å². The van der Waals surface area contributed by atoms with Crippen molar-refractivity contribution in [1.29, 1.82) is 0 Å². The lowest BCUT2D eigenvalue weighted by molar-refractivity contribution is 0.117. The summed E-state index contributed by atoms with van der Waals surface area (Å²) in [5, 5.41) is 8.98. The van der Waals surface area contributed by atoms with Crippen LogP contribution < -0.4 is 0 Å². The van der Waals surface area contributed by atoms with Crippen LogP contribution in [0, 0.1) is 11.6 Å². The lowest BCUT2D eigenvalue weighted by atomic mass is 9.98. The van der Waals surface area contributed by atoms with Crippen molar-refractivity contribution in [2.24, 2.45) is 0 Å². The Bertz CT molecular complexity index is 393. The second-order valence-electron chi connectivity index (χ2n) is 5.19. The number of likely N-dealkylation sites (N-methyl/N-ethyl adjacent to an activating group) is 1. The maximum absolute atomic E-state index is 13.4. The van der Waals surface area contributed by atoms with Gasteiger partial charge < -0.3 is 10.0 Å². The minimum absolute atomic E-state index is 0.127. The highest BCUT2D eigenvalue weighted by molar-refractivity contribution is 5.18. The third kappa shape index (κ3) is 4.03. The maximum atomic E-state index is 13.4. The van der Waals surface area contributed by atoms with Crippen LogP contribution in [0.15, 0.2) is 18.2 Å². The number of rotatable bonds is 6. The summed E-state index contributed by atoms with van der Waals surface area (Å²) in [6.07, 6.45) is 1.19. The number of hydrogen-bond acceptors (Lipinski definition) is 2. The number of halogens is 2. The molecular formula is C14H21F2NO. The quantitative estimate of drug-likeness (QED) is 0.846. The molecule has 0 fully saturated rings. The molecule has 0 atom stereocenters. The summed E-state index contributed by atoms with van der Waals surface area (Å²) >= 11 is 0. The summed E-state index contributed by atoms with van der Waals surface area (Å²) in [4.78, 5) is 2.08. The average Bonchev–Trinajstić information content (AvgIpc) is 2.27. The van der Waals surface area contributed by atoms with E-state index >= 15 is 0 Å². The Balaban J connectivity index is 2.59. The molecule has 0 unspecified atom stereocenters. The van der Waals surface area contributed by atoms with Gasteiger partial charge in [-0.25, -0.2) is 8.78 Å². The Morgan fingerprint density at radius 3 is 2.50 bits per heavy atom. The molecule has 0 radical (unpaired) electrons. The number of aliphatic hydroxyl groups excluding tert-OH is 1. The van der Waals surface area contributed by atoms with E-state index < -0.39 is 11.6 Å². The van der Waals surface area contributed by atoms with Crippen LogP contribution in [0.2, 0.25) is 0 Å². The minimum atomic E-state index is -0.551. The van der Waals surface area contributed by atoms with Crippen LogP contribution in [0.3, 0.4) is 0 Å². The first kappa shape index (κ1) is 15.1. The van der Waals surface area contributed by atoms with E-state index in [1.54, 1.807) is 0 Å². The van der Waals surface area contributed by atoms with Crippen LogP contribution >= 0.6 is 0 Å². The fourth-order valence-electron chi connectivity index (χ4n) is 1.78. The Kier molecular flexibility index (Phi) is 5.23. The van der Waals surface area contributed by atoms with E-state index in [0.29, 0.717) is 24.9 Å². The molecule has 0 heterocycles. The highest BCUT2D eigenvalue weighted by Gasteiger charge is 2.22. The lowest BCUT2D eigenvalue weighted by Gasteiger charge is -2.35. The molecule has 0 amide bonds. The zero-order chi connectivity index (χ0) is 13.8. The number of nitrogens with zero attached hydrogens (tertiary/aromatic N) is 1. The number of benzene rings is 1. The van der Waals surface area contributed by atoms with Crippen molar-refractivity contribution in [2.45, 2.75) is 32.2 Å². The summed E-state index contributed by atoms with van der Waals surface area (Å²) in [5.74, 6) is -1.05. The highest BCUT2D eigenvalue weighted by Crippen LogP contribution is 2.18. The van der Waals surface area contributed by atoms with Gasteiger partial charge in [-0.05, 0) is 45.4 Å².